The number of ether oxygens (including phenoxy) is 2. The number of anilines is 1. The van der Waals surface area contributed by atoms with Gasteiger partial charge in [-0.3, -0.25) is 4.98 Å². The second-order valence-corrected chi connectivity index (χ2v) is 12.9. The van der Waals surface area contributed by atoms with Crippen LogP contribution in [0.3, 0.4) is 0 Å². The predicted octanol–water partition coefficient (Wildman–Crippen LogP) is 7.91. The van der Waals surface area contributed by atoms with Crippen molar-refractivity contribution >= 4 is 23.9 Å². The van der Waals surface area contributed by atoms with Crippen LogP contribution in [0.4, 0.5) is 14.5 Å². The van der Waals surface area contributed by atoms with Gasteiger partial charge in [0.1, 0.15) is 5.82 Å². The number of hydrogen-bond donors (Lipinski definition) is 1. The SMILES string of the molecule is C=N/C(OCCc1ccc(F)cc1C)=C(F)\C=C(/C)c1cnc(C)c([C@H](OC(C)(C)C)C(=O)O)c1N1CCC(C)(C)CC1. The van der Waals surface area contributed by atoms with Crippen LogP contribution in [0, 0.1) is 25.1 Å². The average molecular weight is 598 g/mol. The Balaban J connectivity index is 2.04. The second-order valence-electron chi connectivity index (χ2n) is 12.9. The molecule has 1 aromatic heterocycles. The molecule has 1 fully saturated rings. The number of allylic oxidation sites excluding steroid dienone is 3. The lowest BCUT2D eigenvalue weighted by atomic mass is 9.82. The normalized spacial score (nSPS) is 16.9. The van der Waals surface area contributed by atoms with Crippen molar-refractivity contribution in [3.8, 4) is 0 Å². The van der Waals surface area contributed by atoms with Crippen LogP contribution in [0.2, 0.25) is 0 Å². The van der Waals surface area contributed by atoms with Gasteiger partial charge in [-0.1, -0.05) is 19.9 Å². The third-order valence-electron chi connectivity index (χ3n) is 7.71. The number of aromatic nitrogens is 1. The van der Waals surface area contributed by atoms with Crippen molar-refractivity contribution in [2.45, 2.75) is 86.4 Å². The molecule has 0 aliphatic carbocycles. The molecule has 2 aromatic rings. The summed E-state index contributed by atoms with van der Waals surface area (Å²) in [4.78, 5) is 23.1. The van der Waals surface area contributed by atoms with Crippen LogP contribution in [0.1, 0.15) is 88.4 Å². The fourth-order valence-corrected chi connectivity index (χ4v) is 5.19. The summed E-state index contributed by atoms with van der Waals surface area (Å²) in [5.41, 5.74) is 3.89. The first-order chi connectivity index (χ1) is 20.0. The van der Waals surface area contributed by atoms with Gasteiger partial charge in [0, 0.05) is 42.5 Å². The number of halogens is 2. The molecule has 2 heterocycles. The Hall–Kier alpha value is -3.59. The maximum atomic E-state index is 15.6. The summed E-state index contributed by atoms with van der Waals surface area (Å²) in [6.45, 7) is 20.2. The van der Waals surface area contributed by atoms with Crippen molar-refractivity contribution in [3.05, 3.63) is 75.9 Å². The molecular formula is C34H45F2N3O4. The van der Waals surface area contributed by atoms with Gasteiger partial charge in [0.2, 0.25) is 5.88 Å². The molecule has 1 aromatic carbocycles. The highest BCUT2D eigenvalue weighted by molar-refractivity contribution is 5.84. The summed E-state index contributed by atoms with van der Waals surface area (Å²) >= 11 is 0. The Kier molecular flexibility index (Phi) is 10.9. The lowest BCUT2D eigenvalue weighted by Crippen LogP contribution is -2.39. The smallest absolute Gasteiger partial charge is 0.337 e. The molecule has 0 spiro atoms. The third-order valence-corrected chi connectivity index (χ3v) is 7.71. The molecule has 1 aliphatic heterocycles. The van der Waals surface area contributed by atoms with E-state index in [1.165, 1.54) is 18.2 Å². The minimum atomic E-state index is -1.27. The molecule has 0 bridgehead atoms. The largest absolute Gasteiger partial charge is 0.479 e. The fraction of sp³-hybridized carbons (Fsp3) is 0.500. The number of aliphatic carboxylic acids is 1. The van der Waals surface area contributed by atoms with Crippen molar-refractivity contribution in [2.24, 2.45) is 10.4 Å². The number of aryl methyl sites for hydroxylation is 2. The molecule has 1 aliphatic rings. The van der Waals surface area contributed by atoms with Gasteiger partial charge < -0.3 is 19.5 Å². The van der Waals surface area contributed by atoms with Gasteiger partial charge in [-0.15, -0.1) is 0 Å². The summed E-state index contributed by atoms with van der Waals surface area (Å²) < 4.78 is 40.7. The van der Waals surface area contributed by atoms with E-state index in [-0.39, 0.29) is 23.7 Å². The first kappa shape index (κ1) is 33.9. The zero-order valence-corrected chi connectivity index (χ0v) is 26.7. The first-order valence-corrected chi connectivity index (χ1v) is 14.6. The van der Waals surface area contributed by atoms with E-state index < -0.39 is 23.5 Å². The van der Waals surface area contributed by atoms with Crippen molar-refractivity contribution in [1.82, 2.24) is 4.98 Å². The van der Waals surface area contributed by atoms with Gasteiger partial charge in [0.25, 0.3) is 0 Å². The minimum Gasteiger partial charge on any atom is -0.479 e. The fourth-order valence-electron chi connectivity index (χ4n) is 5.19. The van der Waals surface area contributed by atoms with Gasteiger partial charge in [-0.05, 0) is 101 Å². The number of hydrogen-bond acceptors (Lipinski definition) is 6. The summed E-state index contributed by atoms with van der Waals surface area (Å²) in [7, 11) is 0. The van der Waals surface area contributed by atoms with E-state index in [0.29, 0.717) is 47.6 Å². The van der Waals surface area contributed by atoms with Crippen LogP contribution in [0.15, 0.2) is 47.2 Å². The quantitative estimate of drug-likeness (QED) is 0.161. The number of aliphatic imine (C=N–C) groups is 1. The summed E-state index contributed by atoms with van der Waals surface area (Å²) in [6, 6.07) is 4.50. The molecular weight excluding hydrogens is 552 g/mol. The van der Waals surface area contributed by atoms with Gasteiger partial charge in [0.05, 0.1) is 17.9 Å². The summed E-state index contributed by atoms with van der Waals surface area (Å²) in [5, 5.41) is 10.3. The number of rotatable bonds is 11. The minimum absolute atomic E-state index is 0.122. The molecule has 9 heteroatoms. The van der Waals surface area contributed by atoms with Gasteiger partial charge >= 0.3 is 5.97 Å². The number of carboxylic acids is 1. The van der Waals surface area contributed by atoms with Crippen LogP contribution < -0.4 is 4.90 Å². The summed E-state index contributed by atoms with van der Waals surface area (Å²) in [5.74, 6) is -2.42. The highest BCUT2D eigenvalue weighted by atomic mass is 19.1. The van der Waals surface area contributed by atoms with E-state index in [9.17, 15) is 14.3 Å². The molecule has 3 rings (SSSR count). The molecule has 0 unspecified atom stereocenters. The van der Waals surface area contributed by atoms with Gasteiger partial charge in [-0.25, -0.2) is 18.6 Å². The molecule has 1 atom stereocenters. The molecule has 0 radical (unpaired) electrons. The Morgan fingerprint density at radius 3 is 2.47 bits per heavy atom. The molecule has 43 heavy (non-hydrogen) atoms. The molecule has 234 valence electrons. The van der Waals surface area contributed by atoms with Crippen molar-refractivity contribution in [2.75, 3.05) is 24.6 Å². The first-order valence-electron chi connectivity index (χ1n) is 14.6. The lowest BCUT2D eigenvalue weighted by Gasteiger charge is -2.41. The number of carbonyl (C=O) groups is 1. The van der Waals surface area contributed by atoms with Crippen LogP contribution in [0.25, 0.3) is 5.57 Å². The Labute approximate surface area is 254 Å². The van der Waals surface area contributed by atoms with E-state index in [2.05, 4.69) is 35.4 Å². The number of piperidine rings is 1. The Morgan fingerprint density at radius 1 is 1.26 bits per heavy atom. The summed E-state index contributed by atoms with van der Waals surface area (Å²) in [6.07, 6.45) is 3.95. The van der Waals surface area contributed by atoms with Gasteiger partial charge in [0.15, 0.2) is 11.9 Å². The van der Waals surface area contributed by atoms with Crippen LogP contribution >= 0.6 is 0 Å². The molecule has 1 N–H and O–H groups in total. The number of nitrogens with zero attached hydrogens (tertiary/aromatic N) is 3. The van der Waals surface area contributed by atoms with Crippen molar-refractivity contribution in [1.29, 1.82) is 0 Å². The highest BCUT2D eigenvalue weighted by Crippen LogP contribution is 2.42. The van der Waals surface area contributed by atoms with E-state index >= 15 is 4.39 Å². The van der Waals surface area contributed by atoms with Crippen molar-refractivity contribution < 1.29 is 28.2 Å². The predicted molar refractivity (Wildman–Crippen MR) is 168 cm³/mol. The lowest BCUT2D eigenvalue weighted by molar-refractivity contribution is -0.160. The maximum Gasteiger partial charge on any atom is 0.337 e. The molecule has 0 amide bonds. The van der Waals surface area contributed by atoms with E-state index in [0.717, 1.165) is 24.0 Å². The van der Waals surface area contributed by atoms with Gasteiger partial charge in [-0.2, -0.15) is 0 Å². The average Bonchev–Trinajstić information content (AvgIpc) is 2.90. The van der Waals surface area contributed by atoms with E-state index in [1.807, 2.05) is 20.8 Å². The zero-order chi connectivity index (χ0) is 32.1. The maximum absolute atomic E-state index is 15.6. The van der Waals surface area contributed by atoms with Crippen LogP contribution in [0.5, 0.6) is 0 Å². The second kappa shape index (κ2) is 13.8. The van der Waals surface area contributed by atoms with Crippen molar-refractivity contribution in [3.63, 3.8) is 0 Å². The highest BCUT2D eigenvalue weighted by Gasteiger charge is 2.35. The molecule has 0 saturated carbocycles. The zero-order valence-electron chi connectivity index (χ0n) is 26.7. The topological polar surface area (TPSA) is 84.2 Å². The van der Waals surface area contributed by atoms with E-state index in [4.69, 9.17) is 9.47 Å². The number of benzene rings is 1. The number of pyridine rings is 1. The Bertz CT molecular complexity index is 1400. The van der Waals surface area contributed by atoms with E-state index in [1.54, 1.807) is 33.0 Å². The molecule has 7 nitrogen and oxygen atoms in total. The van der Waals surface area contributed by atoms with Crippen LogP contribution in [-0.2, 0) is 20.7 Å². The number of carboxylic acid groups (broad SMARTS) is 1. The van der Waals surface area contributed by atoms with Crippen LogP contribution in [-0.4, -0.2) is 48.1 Å². The third kappa shape index (κ3) is 8.95. The standard InChI is InChI=1S/C34H45F2N3O4/c1-21-18-25(35)11-10-24(21)12-17-42-31(37-9)27(36)19-22(2)26-20-38-23(3)28(30(32(40)41)43-33(4,5)6)29(26)39-15-13-34(7,8)14-16-39/h10-11,18-20,30H,9,12-17H2,1-8H3,(H,40,41)/b22-19+,31-27-/t30-/m0/s1. The molecule has 1 saturated heterocycles. The Morgan fingerprint density at radius 2 is 1.91 bits per heavy atom. The monoisotopic (exact) mass is 597 g/mol.